The molecule has 17 heavy (non-hydrogen) atoms. The second-order valence-electron chi connectivity index (χ2n) is 6.14. The van der Waals surface area contributed by atoms with Crippen LogP contribution in [0.4, 0.5) is 0 Å². The van der Waals surface area contributed by atoms with Gasteiger partial charge in [0.2, 0.25) is 0 Å². The van der Waals surface area contributed by atoms with Crippen molar-refractivity contribution in [3.8, 4) is 0 Å². The molecule has 0 aromatic carbocycles. The second-order valence-corrected chi connectivity index (χ2v) is 6.14. The van der Waals surface area contributed by atoms with Crippen molar-refractivity contribution >= 4 is 0 Å². The molecule has 3 nitrogen and oxygen atoms in total. The molecule has 0 saturated carbocycles. The quantitative estimate of drug-likeness (QED) is 0.818. The third-order valence-corrected chi connectivity index (χ3v) is 5.02. The van der Waals surface area contributed by atoms with Crippen molar-refractivity contribution < 1.29 is 4.74 Å². The summed E-state index contributed by atoms with van der Waals surface area (Å²) < 4.78 is 5.82. The van der Waals surface area contributed by atoms with E-state index in [0.717, 1.165) is 44.2 Å². The fraction of sp³-hybridized carbons (Fsp3) is 1.00. The van der Waals surface area contributed by atoms with Crippen molar-refractivity contribution in [1.29, 1.82) is 0 Å². The standard InChI is InChI=1S/C14H28N2O/c1-4-13-7-14(10-15,5-6-17-13)16-8-11(2)12(3)9-16/h11-13H,4-10,15H2,1-3H3. The van der Waals surface area contributed by atoms with Crippen molar-refractivity contribution in [1.82, 2.24) is 4.90 Å². The number of nitrogens with zero attached hydrogens (tertiary/aromatic N) is 1. The van der Waals surface area contributed by atoms with Crippen LogP contribution in [-0.4, -0.2) is 42.8 Å². The van der Waals surface area contributed by atoms with Crippen LogP contribution in [-0.2, 0) is 4.74 Å². The molecule has 0 radical (unpaired) electrons. The largest absolute Gasteiger partial charge is 0.378 e. The number of nitrogens with two attached hydrogens (primary N) is 1. The van der Waals surface area contributed by atoms with Crippen LogP contribution in [0.25, 0.3) is 0 Å². The molecule has 3 heteroatoms. The Morgan fingerprint density at radius 2 is 1.94 bits per heavy atom. The maximum absolute atomic E-state index is 6.13. The van der Waals surface area contributed by atoms with Crippen LogP contribution in [0.5, 0.6) is 0 Å². The molecule has 0 spiro atoms. The Labute approximate surface area is 106 Å². The summed E-state index contributed by atoms with van der Waals surface area (Å²) in [4.78, 5) is 2.66. The summed E-state index contributed by atoms with van der Waals surface area (Å²) in [5.41, 5.74) is 6.35. The summed E-state index contributed by atoms with van der Waals surface area (Å²) in [5.74, 6) is 1.61. The Morgan fingerprint density at radius 3 is 2.47 bits per heavy atom. The first-order chi connectivity index (χ1) is 8.11. The van der Waals surface area contributed by atoms with Gasteiger partial charge in [-0.15, -0.1) is 0 Å². The minimum absolute atomic E-state index is 0.220. The molecule has 2 aliphatic rings. The number of hydrogen-bond donors (Lipinski definition) is 1. The van der Waals surface area contributed by atoms with Crippen LogP contribution in [0, 0.1) is 11.8 Å². The molecule has 2 fully saturated rings. The van der Waals surface area contributed by atoms with Crippen LogP contribution >= 0.6 is 0 Å². The molecule has 4 atom stereocenters. The van der Waals surface area contributed by atoms with E-state index >= 15 is 0 Å². The SMILES string of the molecule is CCC1CC(CN)(N2CC(C)C(C)C2)CCO1. The van der Waals surface area contributed by atoms with Crippen molar-refractivity contribution in [3.05, 3.63) is 0 Å². The lowest BCUT2D eigenvalue weighted by Gasteiger charge is -2.46. The lowest BCUT2D eigenvalue weighted by Crippen LogP contribution is -2.57. The van der Waals surface area contributed by atoms with E-state index in [1.165, 1.54) is 13.1 Å². The molecular formula is C14H28N2O. The van der Waals surface area contributed by atoms with E-state index in [9.17, 15) is 0 Å². The highest BCUT2D eigenvalue weighted by molar-refractivity contribution is 4.99. The van der Waals surface area contributed by atoms with Gasteiger partial charge in [-0.3, -0.25) is 4.90 Å². The first-order valence-corrected chi connectivity index (χ1v) is 7.18. The van der Waals surface area contributed by atoms with Gasteiger partial charge in [0.15, 0.2) is 0 Å². The molecule has 0 bridgehead atoms. The molecule has 4 unspecified atom stereocenters. The highest BCUT2D eigenvalue weighted by Gasteiger charge is 2.44. The molecule has 2 heterocycles. The van der Waals surface area contributed by atoms with Gasteiger partial charge in [-0.05, 0) is 31.1 Å². The number of hydrogen-bond acceptors (Lipinski definition) is 3. The fourth-order valence-corrected chi connectivity index (χ4v) is 3.38. The lowest BCUT2D eigenvalue weighted by atomic mass is 9.84. The predicted molar refractivity (Wildman–Crippen MR) is 71.0 cm³/mol. The first-order valence-electron chi connectivity index (χ1n) is 7.18. The third kappa shape index (κ3) is 2.51. The zero-order valence-electron chi connectivity index (χ0n) is 11.6. The van der Waals surface area contributed by atoms with E-state index in [1.54, 1.807) is 0 Å². The van der Waals surface area contributed by atoms with Gasteiger partial charge in [-0.25, -0.2) is 0 Å². The highest BCUT2D eigenvalue weighted by atomic mass is 16.5. The molecule has 0 amide bonds. The monoisotopic (exact) mass is 240 g/mol. The van der Waals surface area contributed by atoms with Crippen LogP contribution in [0.15, 0.2) is 0 Å². The lowest BCUT2D eigenvalue weighted by molar-refractivity contribution is -0.0670. The fourth-order valence-electron chi connectivity index (χ4n) is 3.38. The van der Waals surface area contributed by atoms with Gasteiger partial charge in [0, 0.05) is 31.8 Å². The maximum atomic E-state index is 6.13. The van der Waals surface area contributed by atoms with E-state index in [2.05, 4.69) is 25.7 Å². The molecule has 2 rings (SSSR count). The van der Waals surface area contributed by atoms with E-state index in [-0.39, 0.29) is 5.54 Å². The molecule has 0 aromatic rings. The van der Waals surface area contributed by atoms with E-state index in [1.807, 2.05) is 0 Å². The minimum atomic E-state index is 0.220. The average molecular weight is 240 g/mol. The predicted octanol–water partition coefficient (Wildman–Crippen LogP) is 1.86. The normalized spacial score (nSPS) is 44.1. The number of ether oxygens (including phenoxy) is 1. The number of rotatable bonds is 3. The zero-order valence-corrected chi connectivity index (χ0v) is 11.6. The Kier molecular flexibility index (Phi) is 4.11. The Morgan fingerprint density at radius 1 is 1.29 bits per heavy atom. The summed E-state index contributed by atoms with van der Waals surface area (Å²) in [6.45, 7) is 11.0. The van der Waals surface area contributed by atoms with Gasteiger partial charge in [0.05, 0.1) is 6.10 Å². The van der Waals surface area contributed by atoms with Gasteiger partial charge in [-0.2, -0.15) is 0 Å². The zero-order chi connectivity index (χ0) is 12.5. The molecule has 100 valence electrons. The van der Waals surface area contributed by atoms with Crippen molar-refractivity contribution in [2.24, 2.45) is 17.6 Å². The van der Waals surface area contributed by atoms with Crippen molar-refractivity contribution in [2.45, 2.75) is 51.7 Å². The van der Waals surface area contributed by atoms with Gasteiger partial charge < -0.3 is 10.5 Å². The van der Waals surface area contributed by atoms with Crippen LogP contribution in [0.3, 0.4) is 0 Å². The smallest absolute Gasteiger partial charge is 0.0590 e. The molecule has 2 aliphatic heterocycles. The minimum Gasteiger partial charge on any atom is -0.378 e. The summed E-state index contributed by atoms with van der Waals surface area (Å²) in [5, 5.41) is 0. The molecule has 0 aromatic heterocycles. The third-order valence-electron chi connectivity index (χ3n) is 5.02. The van der Waals surface area contributed by atoms with Crippen LogP contribution < -0.4 is 5.73 Å². The molecule has 2 saturated heterocycles. The van der Waals surface area contributed by atoms with Crippen LogP contribution in [0.1, 0.15) is 40.0 Å². The summed E-state index contributed by atoms with van der Waals surface area (Å²) in [6.07, 6.45) is 3.76. The van der Waals surface area contributed by atoms with E-state index in [0.29, 0.717) is 6.10 Å². The Balaban J connectivity index is 2.08. The Hall–Kier alpha value is -0.120. The van der Waals surface area contributed by atoms with Gasteiger partial charge in [0.25, 0.3) is 0 Å². The molecular weight excluding hydrogens is 212 g/mol. The summed E-state index contributed by atoms with van der Waals surface area (Å²) in [6, 6.07) is 0. The van der Waals surface area contributed by atoms with Gasteiger partial charge in [-0.1, -0.05) is 20.8 Å². The van der Waals surface area contributed by atoms with E-state index in [4.69, 9.17) is 10.5 Å². The summed E-state index contributed by atoms with van der Waals surface area (Å²) >= 11 is 0. The topological polar surface area (TPSA) is 38.5 Å². The summed E-state index contributed by atoms with van der Waals surface area (Å²) in [7, 11) is 0. The van der Waals surface area contributed by atoms with Gasteiger partial charge >= 0.3 is 0 Å². The molecule has 2 N–H and O–H groups in total. The average Bonchev–Trinajstić information content (AvgIpc) is 2.70. The highest BCUT2D eigenvalue weighted by Crippen LogP contribution is 2.36. The van der Waals surface area contributed by atoms with Crippen LogP contribution in [0.2, 0.25) is 0 Å². The first kappa shape index (κ1) is 13.3. The van der Waals surface area contributed by atoms with E-state index < -0.39 is 0 Å². The maximum Gasteiger partial charge on any atom is 0.0590 e. The van der Waals surface area contributed by atoms with Crippen molar-refractivity contribution in [3.63, 3.8) is 0 Å². The van der Waals surface area contributed by atoms with Gasteiger partial charge in [0.1, 0.15) is 0 Å². The molecule has 0 aliphatic carbocycles. The Bertz CT molecular complexity index is 249. The van der Waals surface area contributed by atoms with Crippen molar-refractivity contribution in [2.75, 3.05) is 26.2 Å². The second kappa shape index (κ2) is 5.25. The number of likely N-dealkylation sites (tertiary alicyclic amines) is 1.